The summed E-state index contributed by atoms with van der Waals surface area (Å²) in [6.07, 6.45) is -4.28. The maximum atomic E-state index is 12.6. The average Bonchev–Trinajstić information content (AvgIpc) is 2.27. The van der Waals surface area contributed by atoms with E-state index in [0.717, 1.165) is 6.07 Å². The number of amides is 1. The number of rotatable bonds is 4. The number of benzene rings is 1. The molecule has 0 bridgehead atoms. The summed E-state index contributed by atoms with van der Waals surface area (Å²) in [5, 5.41) is 10.7. The largest absolute Gasteiger partial charge is 0.417 e. The number of carbonyl (C=O) groups is 1. The van der Waals surface area contributed by atoms with Crippen molar-refractivity contribution in [2.24, 2.45) is 0 Å². The molecule has 0 aliphatic rings. The van der Waals surface area contributed by atoms with Gasteiger partial charge >= 0.3 is 6.18 Å². The van der Waals surface area contributed by atoms with Crippen molar-refractivity contribution < 1.29 is 23.1 Å². The maximum absolute atomic E-state index is 12.6. The fourth-order valence-electron chi connectivity index (χ4n) is 1.46. The lowest BCUT2D eigenvalue weighted by Crippen LogP contribution is -2.33. The zero-order chi connectivity index (χ0) is 14.6. The molecule has 2 N–H and O–H groups in total. The Kier molecular flexibility index (Phi) is 5.20. The lowest BCUT2D eigenvalue weighted by Gasteiger charge is -2.14. The van der Waals surface area contributed by atoms with E-state index < -0.39 is 22.7 Å². The fourth-order valence-corrected chi connectivity index (χ4v) is 1.68. The third kappa shape index (κ3) is 4.40. The first-order chi connectivity index (χ1) is 8.75. The highest BCUT2D eigenvalue weighted by molar-refractivity contribution is 6.31. The Morgan fingerprint density at radius 2 is 2.11 bits per heavy atom. The van der Waals surface area contributed by atoms with E-state index in [4.69, 9.17) is 16.7 Å². The van der Waals surface area contributed by atoms with Crippen molar-refractivity contribution in [3.63, 3.8) is 0 Å². The summed E-state index contributed by atoms with van der Waals surface area (Å²) in [5.74, 6) is -0.636. The second kappa shape index (κ2) is 6.25. The van der Waals surface area contributed by atoms with Gasteiger partial charge in [0.15, 0.2) is 0 Å². The molecule has 0 aromatic heterocycles. The van der Waals surface area contributed by atoms with Gasteiger partial charge in [0.25, 0.3) is 5.91 Å². The molecular weight excluding hydrogens is 283 g/mol. The molecule has 19 heavy (non-hydrogen) atoms. The summed E-state index contributed by atoms with van der Waals surface area (Å²) >= 11 is 5.46. The van der Waals surface area contributed by atoms with Gasteiger partial charge in [0.2, 0.25) is 0 Å². The smallest absolute Gasteiger partial charge is 0.396 e. The number of halogens is 4. The van der Waals surface area contributed by atoms with Crippen LogP contribution in [0.4, 0.5) is 13.2 Å². The van der Waals surface area contributed by atoms with Crippen LogP contribution in [0.1, 0.15) is 29.3 Å². The van der Waals surface area contributed by atoms with Gasteiger partial charge in [0.1, 0.15) is 0 Å². The minimum absolute atomic E-state index is 0.115. The van der Waals surface area contributed by atoms with Crippen LogP contribution in [0.15, 0.2) is 18.2 Å². The number of alkyl halides is 3. The van der Waals surface area contributed by atoms with Gasteiger partial charge in [-0.15, -0.1) is 0 Å². The van der Waals surface area contributed by atoms with Crippen molar-refractivity contribution in [1.29, 1.82) is 0 Å². The summed E-state index contributed by atoms with van der Waals surface area (Å²) < 4.78 is 37.9. The normalized spacial score (nSPS) is 13.2. The minimum atomic E-state index is -4.61. The van der Waals surface area contributed by atoms with E-state index in [2.05, 4.69) is 5.32 Å². The fraction of sp³-hybridized carbons (Fsp3) is 0.417. The van der Waals surface area contributed by atoms with Gasteiger partial charge in [0, 0.05) is 18.2 Å². The number of hydrogen-bond donors (Lipinski definition) is 2. The molecule has 3 nitrogen and oxygen atoms in total. The third-order valence-corrected chi connectivity index (χ3v) is 2.80. The molecular formula is C12H13ClF3NO2. The Balaban J connectivity index is 2.93. The predicted octanol–water partition coefficient (Wildman–Crippen LogP) is 2.86. The molecule has 1 rings (SSSR count). The molecule has 1 unspecified atom stereocenters. The van der Waals surface area contributed by atoms with E-state index in [0.29, 0.717) is 12.5 Å². The van der Waals surface area contributed by atoms with Crippen molar-refractivity contribution >= 4 is 17.5 Å². The first-order valence-electron chi connectivity index (χ1n) is 5.54. The van der Waals surface area contributed by atoms with Gasteiger partial charge in [-0.1, -0.05) is 11.6 Å². The highest BCUT2D eigenvalue weighted by atomic mass is 35.5. The monoisotopic (exact) mass is 295 g/mol. The van der Waals surface area contributed by atoms with Crippen LogP contribution in [0.25, 0.3) is 0 Å². The summed E-state index contributed by atoms with van der Waals surface area (Å²) in [6.45, 7) is 1.53. The topological polar surface area (TPSA) is 49.3 Å². The molecule has 0 saturated heterocycles. The molecule has 0 aliphatic heterocycles. The van der Waals surface area contributed by atoms with Crippen LogP contribution in [0.3, 0.4) is 0 Å². The highest BCUT2D eigenvalue weighted by Crippen LogP contribution is 2.35. The Morgan fingerprint density at radius 3 is 2.63 bits per heavy atom. The van der Waals surface area contributed by atoms with E-state index in [1.165, 1.54) is 6.07 Å². The van der Waals surface area contributed by atoms with Crippen molar-refractivity contribution in [3.05, 3.63) is 34.3 Å². The molecule has 0 saturated carbocycles. The molecule has 1 aromatic rings. The minimum Gasteiger partial charge on any atom is -0.396 e. The zero-order valence-electron chi connectivity index (χ0n) is 10.1. The van der Waals surface area contributed by atoms with Crippen LogP contribution in [-0.4, -0.2) is 23.7 Å². The third-order valence-electron chi connectivity index (χ3n) is 2.47. The molecule has 1 atom stereocenters. The van der Waals surface area contributed by atoms with E-state index in [-0.39, 0.29) is 18.2 Å². The molecule has 106 valence electrons. The summed E-state index contributed by atoms with van der Waals surface area (Å²) in [7, 11) is 0. The first kappa shape index (κ1) is 15.8. The lowest BCUT2D eigenvalue weighted by atomic mass is 10.1. The van der Waals surface area contributed by atoms with Crippen molar-refractivity contribution in [2.45, 2.75) is 25.6 Å². The highest BCUT2D eigenvalue weighted by Gasteiger charge is 2.33. The Bertz CT molecular complexity index is 463. The van der Waals surface area contributed by atoms with Crippen LogP contribution in [-0.2, 0) is 6.18 Å². The molecule has 1 amide bonds. The van der Waals surface area contributed by atoms with Crippen LogP contribution in [0.5, 0.6) is 0 Å². The van der Waals surface area contributed by atoms with Gasteiger partial charge < -0.3 is 10.4 Å². The Labute approximate surface area is 113 Å². The number of aliphatic hydroxyl groups excluding tert-OH is 1. The van der Waals surface area contributed by atoms with Gasteiger partial charge in [-0.05, 0) is 31.5 Å². The SMILES string of the molecule is CC(CCO)NC(=O)c1ccc(Cl)c(C(F)(F)F)c1. The summed E-state index contributed by atoms with van der Waals surface area (Å²) in [4.78, 5) is 11.7. The number of carbonyl (C=O) groups excluding carboxylic acids is 1. The second-order valence-corrected chi connectivity index (χ2v) is 4.49. The maximum Gasteiger partial charge on any atom is 0.417 e. The van der Waals surface area contributed by atoms with Crippen molar-refractivity contribution in [2.75, 3.05) is 6.61 Å². The van der Waals surface area contributed by atoms with E-state index >= 15 is 0 Å². The number of aliphatic hydroxyl groups is 1. The quantitative estimate of drug-likeness (QED) is 0.897. The molecule has 0 radical (unpaired) electrons. The number of nitrogens with one attached hydrogen (secondary N) is 1. The second-order valence-electron chi connectivity index (χ2n) is 4.08. The summed E-state index contributed by atoms with van der Waals surface area (Å²) in [6, 6.07) is 2.64. The Hall–Kier alpha value is -1.27. The Morgan fingerprint density at radius 1 is 1.47 bits per heavy atom. The number of hydrogen-bond acceptors (Lipinski definition) is 2. The van der Waals surface area contributed by atoms with Crippen LogP contribution >= 0.6 is 11.6 Å². The molecule has 0 fully saturated rings. The van der Waals surface area contributed by atoms with Crippen LogP contribution < -0.4 is 5.32 Å². The summed E-state index contributed by atoms with van der Waals surface area (Å²) in [5.41, 5.74) is -1.17. The van der Waals surface area contributed by atoms with E-state index in [9.17, 15) is 18.0 Å². The lowest BCUT2D eigenvalue weighted by molar-refractivity contribution is -0.137. The van der Waals surface area contributed by atoms with Crippen LogP contribution in [0.2, 0.25) is 5.02 Å². The van der Waals surface area contributed by atoms with Gasteiger partial charge in [-0.25, -0.2) is 0 Å². The van der Waals surface area contributed by atoms with Crippen molar-refractivity contribution in [3.8, 4) is 0 Å². The first-order valence-corrected chi connectivity index (χ1v) is 5.92. The standard InChI is InChI=1S/C12H13ClF3NO2/c1-7(4-5-18)17-11(19)8-2-3-10(13)9(6-8)12(14,15)16/h2-3,6-7,18H,4-5H2,1H3,(H,17,19). The molecule has 0 heterocycles. The van der Waals surface area contributed by atoms with Gasteiger partial charge in [0.05, 0.1) is 10.6 Å². The van der Waals surface area contributed by atoms with Gasteiger partial charge in [-0.2, -0.15) is 13.2 Å². The van der Waals surface area contributed by atoms with Crippen LogP contribution in [0, 0.1) is 0 Å². The van der Waals surface area contributed by atoms with Crippen molar-refractivity contribution in [1.82, 2.24) is 5.32 Å². The zero-order valence-corrected chi connectivity index (χ0v) is 10.8. The molecule has 0 spiro atoms. The van der Waals surface area contributed by atoms with E-state index in [1.54, 1.807) is 6.92 Å². The molecule has 1 aromatic carbocycles. The average molecular weight is 296 g/mol. The molecule has 0 aliphatic carbocycles. The van der Waals surface area contributed by atoms with E-state index in [1.807, 2.05) is 0 Å². The van der Waals surface area contributed by atoms with Gasteiger partial charge in [-0.3, -0.25) is 4.79 Å². The predicted molar refractivity (Wildman–Crippen MR) is 65.1 cm³/mol. The molecule has 7 heteroatoms.